The number of hydrogen-bond acceptors (Lipinski definition) is 3. The number of fused-ring (bicyclic) bond motifs is 1. The van der Waals surface area contributed by atoms with Gasteiger partial charge in [-0.15, -0.1) is 0 Å². The Morgan fingerprint density at radius 2 is 2.17 bits per heavy atom. The molecule has 0 aliphatic carbocycles. The van der Waals surface area contributed by atoms with E-state index in [1.165, 1.54) is 16.8 Å². The van der Waals surface area contributed by atoms with Crippen LogP contribution in [0.25, 0.3) is 5.65 Å². The predicted octanol–water partition coefficient (Wildman–Crippen LogP) is 2.77. The molecule has 0 N–H and O–H groups in total. The second-order valence-corrected chi connectivity index (χ2v) is 4.19. The van der Waals surface area contributed by atoms with Gasteiger partial charge in [0.05, 0.1) is 0 Å². The monoisotopic (exact) mass is 327 g/mol. The Hall–Kier alpha value is -1.38. The van der Waals surface area contributed by atoms with Gasteiger partial charge in [-0.2, -0.15) is 8.78 Å². The molecule has 0 aliphatic heterocycles. The summed E-state index contributed by atoms with van der Waals surface area (Å²) in [6.45, 7) is -1.46. The molecule has 98 valence electrons. The number of imidazole rings is 1. The third kappa shape index (κ3) is 2.55. The average Bonchev–Trinajstić information content (AvgIpc) is 2.73. The third-order valence-corrected chi connectivity index (χ3v) is 2.42. The van der Waals surface area contributed by atoms with Crippen LogP contribution < -0.4 is 4.74 Å². The van der Waals surface area contributed by atoms with Gasteiger partial charge < -0.3 is 4.74 Å². The molecule has 4 nitrogen and oxygen atoms in total. The number of aromatic nitrogens is 3. The maximum Gasteiger partial charge on any atom is 0.340 e. The Morgan fingerprint density at radius 3 is 2.83 bits per heavy atom. The molecule has 0 unspecified atom stereocenters. The number of hydrogen-bond donors (Lipinski definition) is 0. The summed E-state index contributed by atoms with van der Waals surface area (Å²) in [6.07, 6.45) is 0.683. The van der Waals surface area contributed by atoms with Crippen molar-refractivity contribution in [1.29, 1.82) is 0 Å². The Balaban J connectivity index is 2.24. The fourth-order valence-electron chi connectivity index (χ4n) is 1.20. The second-order valence-electron chi connectivity index (χ2n) is 3.38. The van der Waals surface area contributed by atoms with Crippen LogP contribution in [0.2, 0.25) is 0 Å². The summed E-state index contributed by atoms with van der Waals surface area (Å²) in [7, 11) is 0. The molecule has 18 heavy (non-hydrogen) atoms. The van der Waals surface area contributed by atoms with E-state index in [1.807, 2.05) is 0 Å². The van der Waals surface area contributed by atoms with Crippen LogP contribution in [-0.2, 0) is 0 Å². The fraction of sp³-hybridized carbons (Fsp3) is 0.333. The first-order valence-corrected chi connectivity index (χ1v) is 5.47. The minimum atomic E-state index is -4.23. The molecule has 9 heteroatoms. The van der Waals surface area contributed by atoms with Crippen molar-refractivity contribution < 1.29 is 22.3 Å². The summed E-state index contributed by atoms with van der Waals surface area (Å²) in [5.74, 6) is -4.47. The molecule has 2 rings (SSSR count). The first-order chi connectivity index (χ1) is 8.40. The molecule has 0 saturated heterocycles. The lowest BCUT2D eigenvalue weighted by atomic mass is 10.4. The molecule has 0 aromatic carbocycles. The largest absolute Gasteiger partial charge is 0.468 e. The van der Waals surface area contributed by atoms with Crippen molar-refractivity contribution in [3.63, 3.8) is 0 Å². The van der Waals surface area contributed by atoms with Gasteiger partial charge in [-0.1, -0.05) is 0 Å². The number of rotatable bonds is 4. The molecule has 0 atom stereocenters. The minimum Gasteiger partial charge on any atom is -0.468 e. The summed E-state index contributed by atoms with van der Waals surface area (Å²) < 4.78 is 55.8. The van der Waals surface area contributed by atoms with Gasteiger partial charge >= 0.3 is 12.3 Å². The van der Waals surface area contributed by atoms with Crippen LogP contribution >= 0.6 is 15.9 Å². The quantitative estimate of drug-likeness (QED) is 0.811. The van der Waals surface area contributed by atoms with Crippen LogP contribution in [0.4, 0.5) is 17.6 Å². The Bertz CT molecular complexity index is 560. The zero-order chi connectivity index (χ0) is 13.3. The first kappa shape index (κ1) is 13.1. The van der Waals surface area contributed by atoms with E-state index in [0.717, 1.165) is 0 Å². The smallest absolute Gasteiger partial charge is 0.340 e. The summed E-state index contributed by atoms with van der Waals surface area (Å²) >= 11 is 3.04. The molecule has 0 saturated carbocycles. The molecule has 0 spiro atoms. The van der Waals surface area contributed by atoms with Gasteiger partial charge in [0, 0.05) is 18.6 Å². The molecule has 0 fully saturated rings. The standard InChI is InChI=1S/C9H6BrF4N3O/c10-5-3-17-2-1-15-6(17)7(16-5)18-4-9(13,14)8(11)12/h1-3,8H,4H2. The topological polar surface area (TPSA) is 39.4 Å². The van der Waals surface area contributed by atoms with E-state index in [2.05, 4.69) is 30.6 Å². The Labute approximate surface area is 107 Å². The zero-order valence-corrected chi connectivity index (χ0v) is 10.2. The van der Waals surface area contributed by atoms with Gasteiger partial charge in [0.2, 0.25) is 5.65 Å². The van der Waals surface area contributed by atoms with Gasteiger partial charge in [-0.05, 0) is 15.9 Å². The van der Waals surface area contributed by atoms with E-state index in [-0.39, 0.29) is 11.5 Å². The SMILES string of the molecule is FC(F)C(F)(F)COc1nc(Br)cn2ccnc12. The summed E-state index contributed by atoms with van der Waals surface area (Å²) in [6, 6.07) is 0. The summed E-state index contributed by atoms with van der Waals surface area (Å²) in [5.41, 5.74) is 0.170. The van der Waals surface area contributed by atoms with E-state index in [1.54, 1.807) is 6.20 Å². The molecule has 0 radical (unpaired) electrons. The van der Waals surface area contributed by atoms with Crippen LogP contribution in [0.1, 0.15) is 0 Å². The third-order valence-electron chi connectivity index (χ3n) is 2.03. The first-order valence-electron chi connectivity index (χ1n) is 4.68. The van der Waals surface area contributed by atoms with Crippen molar-refractivity contribution in [3.05, 3.63) is 23.2 Å². The second kappa shape index (κ2) is 4.71. The average molecular weight is 328 g/mol. The normalized spacial score (nSPS) is 12.3. The zero-order valence-electron chi connectivity index (χ0n) is 8.66. The van der Waals surface area contributed by atoms with Crippen LogP contribution in [0.5, 0.6) is 5.88 Å². The summed E-state index contributed by atoms with van der Waals surface area (Å²) in [4.78, 5) is 7.60. The molecular formula is C9H6BrF4N3O. The van der Waals surface area contributed by atoms with E-state index in [9.17, 15) is 17.6 Å². The van der Waals surface area contributed by atoms with Crippen molar-refractivity contribution >= 4 is 21.6 Å². The van der Waals surface area contributed by atoms with Crippen molar-refractivity contribution in [3.8, 4) is 5.88 Å². The number of halogens is 5. The molecule has 0 amide bonds. The van der Waals surface area contributed by atoms with Crippen molar-refractivity contribution in [2.75, 3.05) is 6.61 Å². The van der Waals surface area contributed by atoms with E-state index in [4.69, 9.17) is 0 Å². The molecule has 2 aromatic heterocycles. The lowest BCUT2D eigenvalue weighted by molar-refractivity contribution is -0.148. The van der Waals surface area contributed by atoms with Crippen LogP contribution in [-0.4, -0.2) is 33.3 Å². The van der Waals surface area contributed by atoms with Gasteiger partial charge in [-0.3, -0.25) is 4.40 Å². The maximum absolute atomic E-state index is 12.7. The molecule has 0 bridgehead atoms. The molecular weight excluding hydrogens is 322 g/mol. The van der Waals surface area contributed by atoms with Crippen LogP contribution in [0.3, 0.4) is 0 Å². The van der Waals surface area contributed by atoms with Gasteiger partial charge in [-0.25, -0.2) is 18.7 Å². The van der Waals surface area contributed by atoms with Crippen molar-refractivity contribution in [2.45, 2.75) is 12.3 Å². The summed E-state index contributed by atoms with van der Waals surface area (Å²) in [5, 5.41) is 0. The molecule has 2 aromatic rings. The lowest BCUT2D eigenvalue weighted by Crippen LogP contribution is -2.34. The van der Waals surface area contributed by atoms with Crippen molar-refractivity contribution in [1.82, 2.24) is 14.4 Å². The van der Waals surface area contributed by atoms with Crippen molar-refractivity contribution in [2.24, 2.45) is 0 Å². The highest BCUT2D eigenvalue weighted by Gasteiger charge is 2.42. The van der Waals surface area contributed by atoms with Crippen LogP contribution in [0.15, 0.2) is 23.2 Å². The van der Waals surface area contributed by atoms with Gasteiger partial charge in [0.1, 0.15) is 4.60 Å². The fourth-order valence-corrected chi connectivity index (χ4v) is 1.58. The number of alkyl halides is 4. The van der Waals surface area contributed by atoms with Gasteiger partial charge in [0.15, 0.2) is 6.61 Å². The minimum absolute atomic E-state index is 0.170. The number of nitrogens with zero attached hydrogens (tertiary/aromatic N) is 3. The predicted molar refractivity (Wildman–Crippen MR) is 57.1 cm³/mol. The molecule has 2 heterocycles. The highest BCUT2D eigenvalue weighted by molar-refractivity contribution is 9.10. The number of ether oxygens (including phenoxy) is 1. The highest BCUT2D eigenvalue weighted by Crippen LogP contribution is 2.25. The van der Waals surface area contributed by atoms with Crippen LogP contribution in [0, 0.1) is 0 Å². The Kier molecular flexibility index (Phi) is 3.42. The van der Waals surface area contributed by atoms with Gasteiger partial charge in [0.25, 0.3) is 5.88 Å². The van der Waals surface area contributed by atoms with E-state index >= 15 is 0 Å². The molecule has 0 aliphatic rings. The highest BCUT2D eigenvalue weighted by atomic mass is 79.9. The van der Waals surface area contributed by atoms with E-state index in [0.29, 0.717) is 4.60 Å². The maximum atomic E-state index is 12.7. The lowest BCUT2D eigenvalue weighted by Gasteiger charge is -2.15. The Morgan fingerprint density at radius 1 is 1.44 bits per heavy atom. The van der Waals surface area contributed by atoms with E-state index < -0.39 is 19.0 Å².